The van der Waals surface area contributed by atoms with Crippen LogP contribution < -0.4 is 11.1 Å². The van der Waals surface area contributed by atoms with Crippen molar-refractivity contribution in [2.45, 2.75) is 37.1 Å². The van der Waals surface area contributed by atoms with Crippen LogP contribution >= 0.6 is 11.3 Å². The summed E-state index contributed by atoms with van der Waals surface area (Å²) in [5.74, 6) is -0.109. The summed E-state index contributed by atoms with van der Waals surface area (Å²) in [4.78, 5) is 11.0. The van der Waals surface area contributed by atoms with Crippen LogP contribution in [0.25, 0.3) is 0 Å². The Labute approximate surface area is 127 Å². The van der Waals surface area contributed by atoms with Gasteiger partial charge in [-0.05, 0) is 18.8 Å². The third-order valence-corrected chi connectivity index (χ3v) is 6.63. The smallest absolute Gasteiger partial charge is 0.272 e. The summed E-state index contributed by atoms with van der Waals surface area (Å²) < 4.78 is 26.6. The Hall–Kier alpha value is -1.10. The van der Waals surface area contributed by atoms with E-state index in [-0.39, 0.29) is 33.9 Å². The second-order valence-corrected chi connectivity index (χ2v) is 8.13. The number of anilines is 1. The zero-order valence-electron chi connectivity index (χ0n) is 11.9. The molecule has 2 rings (SSSR count). The predicted molar refractivity (Wildman–Crippen MR) is 79.3 cm³/mol. The van der Waals surface area contributed by atoms with Gasteiger partial charge in [-0.2, -0.15) is 4.31 Å². The fourth-order valence-corrected chi connectivity index (χ4v) is 5.31. The molecule has 0 saturated carbocycles. The minimum atomic E-state index is -3.72. The molecule has 1 aromatic heterocycles. The van der Waals surface area contributed by atoms with Gasteiger partial charge in [0.15, 0.2) is 0 Å². The molecule has 118 valence electrons. The maximum Gasteiger partial charge on any atom is 0.272 e. The molecule has 0 radical (unpaired) electrons. The van der Waals surface area contributed by atoms with Crippen molar-refractivity contribution < 1.29 is 13.2 Å². The average Bonchev–Trinajstić information content (AvgIpc) is 2.86. The van der Waals surface area contributed by atoms with Crippen LogP contribution in [0.5, 0.6) is 0 Å². The molecule has 2 heterocycles. The van der Waals surface area contributed by atoms with Crippen LogP contribution in [-0.4, -0.2) is 48.0 Å². The maximum absolute atomic E-state index is 12.7. The van der Waals surface area contributed by atoms with Crippen LogP contribution in [0, 0.1) is 5.92 Å². The van der Waals surface area contributed by atoms with Gasteiger partial charge in [-0.15, -0.1) is 10.2 Å². The second-order valence-electron chi connectivity index (χ2n) is 5.09. The second kappa shape index (κ2) is 6.34. The van der Waals surface area contributed by atoms with Gasteiger partial charge in [0.1, 0.15) is 0 Å². The summed E-state index contributed by atoms with van der Waals surface area (Å²) >= 11 is 0.851. The van der Waals surface area contributed by atoms with Gasteiger partial charge in [0.05, 0.1) is 0 Å². The summed E-state index contributed by atoms with van der Waals surface area (Å²) in [6.45, 7) is 4.04. The quantitative estimate of drug-likeness (QED) is 0.762. The minimum Gasteiger partial charge on any atom is -0.329 e. The molecule has 0 aromatic carbocycles. The molecule has 0 spiro atoms. The van der Waals surface area contributed by atoms with Crippen molar-refractivity contribution in [1.29, 1.82) is 0 Å². The van der Waals surface area contributed by atoms with Gasteiger partial charge in [-0.3, -0.25) is 4.79 Å². The molecular formula is C11H19N5O3S2. The SMILES string of the molecule is CC(=O)Nc1nnc(S(=O)(=O)N2CCCC(C)C2CN)s1. The molecule has 2 unspecified atom stereocenters. The summed E-state index contributed by atoms with van der Waals surface area (Å²) in [6.07, 6.45) is 1.76. The molecule has 8 nitrogen and oxygen atoms in total. The van der Waals surface area contributed by atoms with Gasteiger partial charge in [0.25, 0.3) is 10.0 Å². The Kier molecular flexibility index (Phi) is 4.91. The van der Waals surface area contributed by atoms with E-state index in [4.69, 9.17) is 5.73 Å². The number of hydrogen-bond donors (Lipinski definition) is 2. The van der Waals surface area contributed by atoms with Crippen LogP contribution in [0.2, 0.25) is 0 Å². The number of aromatic nitrogens is 2. The first-order chi connectivity index (χ1) is 9.86. The summed E-state index contributed by atoms with van der Waals surface area (Å²) in [6, 6.07) is -0.225. The highest BCUT2D eigenvalue weighted by molar-refractivity contribution is 7.91. The third kappa shape index (κ3) is 3.39. The zero-order chi connectivity index (χ0) is 15.6. The molecule has 1 saturated heterocycles. The Morgan fingerprint density at radius 1 is 1.52 bits per heavy atom. The average molecular weight is 333 g/mol. The fourth-order valence-electron chi connectivity index (χ4n) is 2.47. The lowest BCUT2D eigenvalue weighted by Gasteiger charge is -2.37. The topological polar surface area (TPSA) is 118 Å². The van der Waals surface area contributed by atoms with Gasteiger partial charge in [-0.25, -0.2) is 8.42 Å². The molecule has 10 heteroatoms. The van der Waals surface area contributed by atoms with Crippen molar-refractivity contribution in [3.63, 3.8) is 0 Å². The molecule has 0 aliphatic carbocycles. The first-order valence-electron chi connectivity index (χ1n) is 6.69. The molecule has 2 atom stereocenters. The Balaban J connectivity index is 2.28. The number of nitrogens with one attached hydrogen (secondary N) is 1. The van der Waals surface area contributed by atoms with Gasteiger partial charge >= 0.3 is 0 Å². The first kappa shape index (κ1) is 16.3. The fraction of sp³-hybridized carbons (Fsp3) is 0.727. The Morgan fingerprint density at radius 2 is 2.24 bits per heavy atom. The van der Waals surface area contributed by atoms with E-state index in [0.29, 0.717) is 6.54 Å². The van der Waals surface area contributed by atoms with E-state index in [9.17, 15) is 13.2 Å². The number of carbonyl (C=O) groups is 1. The van der Waals surface area contributed by atoms with Crippen LogP contribution in [0.1, 0.15) is 26.7 Å². The molecule has 3 N–H and O–H groups in total. The van der Waals surface area contributed by atoms with Crippen molar-refractivity contribution in [3.05, 3.63) is 0 Å². The monoisotopic (exact) mass is 333 g/mol. The van der Waals surface area contributed by atoms with Gasteiger partial charge in [0, 0.05) is 26.1 Å². The summed E-state index contributed by atoms with van der Waals surface area (Å²) in [5.41, 5.74) is 5.73. The molecule has 1 amide bonds. The van der Waals surface area contributed by atoms with Crippen molar-refractivity contribution in [1.82, 2.24) is 14.5 Å². The highest BCUT2D eigenvalue weighted by Crippen LogP contribution is 2.30. The maximum atomic E-state index is 12.7. The lowest BCUT2D eigenvalue weighted by Crippen LogP contribution is -2.51. The predicted octanol–water partition coefficient (Wildman–Crippen LogP) is 0.244. The van der Waals surface area contributed by atoms with E-state index in [2.05, 4.69) is 15.5 Å². The molecule has 1 aliphatic heterocycles. The standard InChI is InChI=1S/C11H19N5O3S2/c1-7-4-3-5-16(9(7)6-12)21(18,19)11-15-14-10(20-11)13-8(2)17/h7,9H,3-6,12H2,1-2H3,(H,13,14,17). The summed E-state index contributed by atoms with van der Waals surface area (Å²) in [7, 11) is -3.72. The lowest BCUT2D eigenvalue weighted by atomic mass is 9.93. The number of sulfonamides is 1. The molecule has 1 aliphatic rings. The zero-order valence-corrected chi connectivity index (χ0v) is 13.6. The van der Waals surface area contributed by atoms with Crippen LogP contribution in [0.4, 0.5) is 5.13 Å². The van der Waals surface area contributed by atoms with Crippen LogP contribution in [0.15, 0.2) is 4.34 Å². The van der Waals surface area contributed by atoms with Gasteiger partial charge < -0.3 is 11.1 Å². The largest absolute Gasteiger partial charge is 0.329 e. The lowest BCUT2D eigenvalue weighted by molar-refractivity contribution is -0.114. The molecule has 1 aromatic rings. The van der Waals surface area contributed by atoms with Crippen LogP contribution in [-0.2, 0) is 14.8 Å². The first-order valence-corrected chi connectivity index (χ1v) is 8.95. The molecule has 0 bridgehead atoms. The number of hydrogen-bond acceptors (Lipinski definition) is 7. The molecule has 21 heavy (non-hydrogen) atoms. The Morgan fingerprint density at radius 3 is 2.86 bits per heavy atom. The van der Waals surface area contributed by atoms with Crippen LogP contribution in [0.3, 0.4) is 0 Å². The summed E-state index contributed by atoms with van der Waals surface area (Å²) in [5, 5.41) is 9.99. The van der Waals surface area contributed by atoms with E-state index in [1.54, 1.807) is 0 Å². The van der Waals surface area contributed by atoms with E-state index in [0.717, 1.165) is 24.2 Å². The highest BCUT2D eigenvalue weighted by Gasteiger charge is 2.38. The highest BCUT2D eigenvalue weighted by atomic mass is 32.2. The minimum absolute atomic E-state index is 0.112. The van der Waals surface area contributed by atoms with Crippen molar-refractivity contribution in [2.75, 3.05) is 18.4 Å². The normalized spacial score (nSPS) is 24.0. The molecule has 1 fully saturated rings. The van der Waals surface area contributed by atoms with E-state index < -0.39 is 10.0 Å². The van der Waals surface area contributed by atoms with Gasteiger partial charge in [0.2, 0.25) is 15.4 Å². The van der Waals surface area contributed by atoms with Crippen molar-refractivity contribution in [2.24, 2.45) is 11.7 Å². The number of amides is 1. The number of nitrogens with zero attached hydrogens (tertiary/aromatic N) is 3. The van der Waals surface area contributed by atoms with Gasteiger partial charge in [-0.1, -0.05) is 18.3 Å². The Bertz CT molecular complexity index is 615. The third-order valence-electron chi connectivity index (χ3n) is 3.53. The van der Waals surface area contributed by atoms with E-state index >= 15 is 0 Å². The van der Waals surface area contributed by atoms with Crippen molar-refractivity contribution in [3.8, 4) is 0 Å². The number of carbonyl (C=O) groups excluding carboxylic acids is 1. The van der Waals surface area contributed by atoms with E-state index in [1.165, 1.54) is 11.2 Å². The van der Waals surface area contributed by atoms with E-state index in [1.807, 2.05) is 6.92 Å². The van der Waals surface area contributed by atoms with Crippen molar-refractivity contribution >= 4 is 32.4 Å². The molecular weight excluding hydrogens is 314 g/mol. The number of nitrogens with two attached hydrogens (primary N) is 1. The number of piperidine rings is 1. The number of rotatable bonds is 4.